The first kappa shape index (κ1) is 27.7. The van der Waals surface area contributed by atoms with Crippen molar-refractivity contribution in [3.05, 3.63) is 59.7 Å². The Kier molecular flexibility index (Phi) is 9.65. The third-order valence-corrected chi connectivity index (χ3v) is 6.65. The van der Waals surface area contributed by atoms with Gasteiger partial charge in [-0.2, -0.15) is 0 Å². The molecule has 1 aliphatic carbocycles. The van der Waals surface area contributed by atoms with Gasteiger partial charge in [-0.25, -0.2) is 4.79 Å². The number of hydrogen-bond donors (Lipinski definition) is 1. The summed E-state index contributed by atoms with van der Waals surface area (Å²) in [4.78, 5) is 41.8. The molecule has 37 heavy (non-hydrogen) atoms. The van der Waals surface area contributed by atoms with Gasteiger partial charge in [-0.15, -0.1) is 0 Å². The molecule has 1 amide bonds. The highest BCUT2D eigenvalue weighted by molar-refractivity contribution is 5.91. The molecule has 0 aliphatic heterocycles. The molecule has 9 heteroatoms. The van der Waals surface area contributed by atoms with Crippen molar-refractivity contribution >= 4 is 23.9 Å². The number of likely N-dealkylation sites (N-methyl/N-ethyl adjacent to an activating group) is 1. The number of fused-ring (bicyclic) bond motifs is 3. The quantitative estimate of drug-likeness (QED) is 0.202. The number of carboxylic acids is 1. The number of rotatable bonds is 12. The molecule has 0 aromatic heterocycles. The molecule has 0 saturated carbocycles. The smallest absolute Gasteiger partial charge is 0.326 e. The van der Waals surface area contributed by atoms with Crippen molar-refractivity contribution in [1.29, 1.82) is 0 Å². The molecule has 0 bridgehead atoms. The van der Waals surface area contributed by atoms with E-state index in [9.17, 15) is 24.6 Å². The van der Waals surface area contributed by atoms with E-state index in [0.29, 0.717) is 6.42 Å². The van der Waals surface area contributed by atoms with E-state index in [0.717, 1.165) is 47.1 Å². The maximum atomic E-state index is 13.1. The molecule has 2 aromatic rings. The first-order chi connectivity index (χ1) is 17.8. The van der Waals surface area contributed by atoms with Gasteiger partial charge in [0.25, 0.3) is 0 Å². The molecule has 2 aromatic carbocycles. The number of aliphatic carboxylic acids is 1. The van der Waals surface area contributed by atoms with Gasteiger partial charge >= 0.3 is 11.9 Å². The van der Waals surface area contributed by atoms with Gasteiger partial charge in [0, 0.05) is 19.6 Å². The molecule has 0 fully saturated rings. The van der Waals surface area contributed by atoms with Crippen LogP contribution in [0.25, 0.3) is 11.1 Å². The summed E-state index contributed by atoms with van der Waals surface area (Å²) < 4.78 is 10.1. The number of esters is 1. The lowest BCUT2D eigenvalue weighted by molar-refractivity contribution is -0.251. The number of hydrogen-bond acceptors (Lipinski definition) is 7. The van der Waals surface area contributed by atoms with E-state index in [-0.39, 0.29) is 18.9 Å². The first-order valence-corrected chi connectivity index (χ1v) is 12.4. The van der Waals surface area contributed by atoms with Gasteiger partial charge in [-0.3, -0.25) is 14.6 Å². The minimum atomic E-state index is -1.46. The van der Waals surface area contributed by atoms with Crippen LogP contribution in [0.5, 0.6) is 0 Å². The highest BCUT2D eigenvalue weighted by atomic mass is 16.6. The van der Waals surface area contributed by atoms with E-state index in [4.69, 9.17) is 4.74 Å². The van der Waals surface area contributed by atoms with Crippen molar-refractivity contribution in [2.45, 2.75) is 57.0 Å². The molecule has 1 aliphatic rings. The summed E-state index contributed by atoms with van der Waals surface area (Å²) in [6.07, 6.45) is 1.08. The Morgan fingerprint density at radius 2 is 1.65 bits per heavy atom. The number of carbonyl (C=O) groups is 3. The molecule has 0 radical (unpaired) electrons. The fraction of sp³-hybridized carbons (Fsp3) is 0.429. The van der Waals surface area contributed by atoms with Crippen LogP contribution in [0.4, 0.5) is 0 Å². The molecule has 1 N–H and O–H groups in total. The second kappa shape index (κ2) is 12.9. The van der Waals surface area contributed by atoms with Gasteiger partial charge in [0.1, 0.15) is 18.2 Å². The van der Waals surface area contributed by atoms with Gasteiger partial charge in [0.2, 0.25) is 5.91 Å². The highest BCUT2D eigenvalue weighted by Crippen LogP contribution is 2.44. The fourth-order valence-electron chi connectivity index (χ4n) is 4.65. The van der Waals surface area contributed by atoms with Crippen LogP contribution < -0.4 is 5.11 Å². The van der Waals surface area contributed by atoms with Crippen molar-refractivity contribution in [1.82, 2.24) is 4.90 Å². The van der Waals surface area contributed by atoms with E-state index in [1.807, 2.05) is 55.5 Å². The van der Waals surface area contributed by atoms with E-state index in [1.54, 1.807) is 0 Å². The summed E-state index contributed by atoms with van der Waals surface area (Å²) in [5.41, 5.74) is 4.18. The largest absolute Gasteiger partial charge is 0.599 e. The Morgan fingerprint density at radius 3 is 2.19 bits per heavy atom. The van der Waals surface area contributed by atoms with Gasteiger partial charge in [0.15, 0.2) is 0 Å². The summed E-state index contributed by atoms with van der Waals surface area (Å²) in [5.74, 6) is -2.87. The normalized spacial score (nSPS) is 14.3. The highest BCUT2D eigenvalue weighted by Gasteiger charge is 2.32. The molecule has 0 spiro atoms. The Morgan fingerprint density at radius 1 is 1.05 bits per heavy atom. The number of nitrogens with zero attached hydrogens (tertiary/aromatic N) is 2. The number of ether oxygens (including phenoxy) is 2. The summed E-state index contributed by atoms with van der Waals surface area (Å²) >= 11 is 0. The number of methoxy groups -OCH3 is 1. The van der Waals surface area contributed by atoms with Crippen molar-refractivity contribution in [2.75, 3.05) is 20.8 Å². The minimum Gasteiger partial charge on any atom is -0.599 e. The standard InChI is InChI=1S/C28H34N2O7/c1-4-5-6-15-24(27(33)34)30(2)26(32)23(16-25(31)36-3)29-28(35)37-17-22-20-13-9-7-11-18(20)19-12-8-10-14-21(19)22/h7-14,22-24H,4-6,15-17H2,1-3H3,(H,29,35)(H,33,34)/p-1/t23-,24+/m1/s1. The second-order valence-corrected chi connectivity index (χ2v) is 9.03. The third-order valence-electron chi connectivity index (χ3n) is 6.65. The zero-order valence-electron chi connectivity index (χ0n) is 21.4. The lowest BCUT2D eigenvalue weighted by Gasteiger charge is -2.28. The fourth-order valence-corrected chi connectivity index (χ4v) is 4.65. The first-order valence-electron chi connectivity index (χ1n) is 12.4. The topological polar surface area (TPSA) is 129 Å². The zero-order chi connectivity index (χ0) is 26.9. The number of amides is 1. The van der Waals surface area contributed by atoms with E-state index >= 15 is 0 Å². The molecule has 2 atom stereocenters. The lowest BCUT2D eigenvalue weighted by Crippen LogP contribution is -2.47. The third kappa shape index (κ3) is 6.67. The Balaban J connectivity index is 1.77. The van der Waals surface area contributed by atoms with Gasteiger partial charge in [-0.05, 0) is 28.7 Å². The second-order valence-electron chi connectivity index (χ2n) is 9.03. The predicted octanol–water partition coefficient (Wildman–Crippen LogP) is 2.96. The number of aliphatic imine (C=N–C) groups is 1. The van der Waals surface area contributed by atoms with Crippen LogP contribution >= 0.6 is 0 Å². The minimum absolute atomic E-state index is 0.000102. The summed E-state index contributed by atoms with van der Waals surface area (Å²) in [7, 11) is 2.50. The van der Waals surface area contributed by atoms with Gasteiger partial charge in [0.05, 0.1) is 13.5 Å². The van der Waals surface area contributed by atoms with Crippen LogP contribution in [-0.2, 0) is 23.9 Å². The van der Waals surface area contributed by atoms with Crippen LogP contribution in [0, 0.1) is 0 Å². The van der Waals surface area contributed by atoms with E-state index < -0.39 is 42.4 Å². The Labute approximate surface area is 216 Å². The number of unbranched alkanes of at least 4 members (excludes halogenated alkanes) is 2. The summed E-state index contributed by atoms with van der Waals surface area (Å²) in [6, 6.07) is 13.2. The van der Waals surface area contributed by atoms with Crippen LogP contribution in [0.1, 0.15) is 56.1 Å². The average Bonchev–Trinajstić information content (AvgIpc) is 3.22. The van der Waals surface area contributed by atoms with Crippen molar-refractivity contribution in [2.24, 2.45) is 4.99 Å². The van der Waals surface area contributed by atoms with Crippen molar-refractivity contribution < 1.29 is 34.1 Å². The summed E-state index contributed by atoms with van der Waals surface area (Å²) in [6.45, 7) is 1.99. The van der Waals surface area contributed by atoms with Crippen LogP contribution in [-0.4, -0.2) is 66.8 Å². The molecule has 198 valence electrons. The van der Waals surface area contributed by atoms with Crippen molar-refractivity contribution in [3.8, 4) is 11.1 Å². The maximum Gasteiger partial charge on any atom is 0.326 e. The molecular weight excluding hydrogens is 476 g/mol. The molecule has 9 nitrogen and oxygen atoms in total. The van der Waals surface area contributed by atoms with Crippen LogP contribution in [0.2, 0.25) is 0 Å². The van der Waals surface area contributed by atoms with Gasteiger partial charge in [-0.1, -0.05) is 74.7 Å². The molecule has 0 heterocycles. The maximum absolute atomic E-state index is 13.1. The molecule has 0 unspecified atom stereocenters. The molecule has 3 rings (SSSR count). The number of benzene rings is 2. The Hall–Kier alpha value is -3.88. The average molecular weight is 510 g/mol. The van der Waals surface area contributed by atoms with Crippen molar-refractivity contribution in [3.63, 3.8) is 0 Å². The van der Waals surface area contributed by atoms with E-state index in [2.05, 4.69) is 9.73 Å². The predicted molar refractivity (Wildman–Crippen MR) is 136 cm³/mol. The van der Waals surface area contributed by atoms with Crippen LogP contribution in [0.3, 0.4) is 0 Å². The Bertz CT molecular complexity index is 1100. The lowest BCUT2D eigenvalue weighted by atomic mass is 9.98. The summed E-state index contributed by atoms with van der Waals surface area (Å²) in [5, 5.41) is 22.4. The van der Waals surface area contributed by atoms with Crippen LogP contribution in [0.15, 0.2) is 53.5 Å². The van der Waals surface area contributed by atoms with Gasteiger partial charge < -0.3 is 24.6 Å². The number of carbonyl (C=O) groups excluding carboxylic acids is 2. The molecule has 0 saturated heterocycles. The number of carboxylic acid groups (broad SMARTS) is 1. The molecular formula is C28H33N2O7-. The monoisotopic (exact) mass is 509 g/mol. The van der Waals surface area contributed by atoms with E-state index in [1.165, 1.54) is 7.05 Å². The zero-order valence-corrected chi connectivity index (χ0v) is 21.4. The SMILES string of the molecule is CCCCC[C@@H](C(=O)O)N(C)C(=O)[C@@H](CC(=O)OC)N=C([O-])OCC1c2ccccc2-c2ccccc21.